The minimum atomic E-state index is -1.78. The summed E-state index contributed by atoms with van der Waals surface area (Å²) in [6, 6.07) is 9.20. The van der Waals surface area contributed by atoms with Gasteiger partial charge in [-0.3, -0.25) is 4.79 Å². The van der Waals surface area contributed by atoms with E-state index < -0.39 is 11.6 Å². The molecule has 0 bridgehead atoms. The molecule has 2 N–H and O–H groups in total. The van der Waals surface area contributed by atoms with Gasteiger partial charge in [-0.1, -0.05) is 25.1 Å². The molecule has 0 aliphatic carbocycles. The first-order chi connectivity index (χ1) is 9.64. The Morgan fingerprint density at radius 3 is 2.85 bits per heavy atom. The van der Waals surface area contributed by atoms with E-state index in [0.29, 0.717) is 19.6 Å². The molecule has 1 amide bonds. The molecule has 1 aromatic carbocycles. The molecule has 0 radical (unpaired) electrons. The van der Waals surface area contributed by atoms with E-state index in [9.17, 15) is 9.18 Å². The van der Waals surface area contributed by atoms with E-state index in [1.54, 1.807) is 0 Å². The third kappa shape index (κ3) is 3.70. The molecule has 2 unspecified atom stereocenters. The van der Waals surface area contributed by atoms with Gasteiger partial charge >= 0.3 is 0 Å². The Morgan fingerprint density at radius 2 is 2.25 bits per heavy atom. The van der Waals surface area contributed by atoms with Gasteiger partial charge in [0, 0.05) is 13.0 Å². The number of hydrogen-bond donors (Lipinski definition) is 2. The van der Waals surface area contributed by atoms with E-state index in [1.807, 2.05) is 37.3 Å². The molecule has 2 rings (SSSR count). The van der Waals surface area contributed by atoms with Crippen LogP contribution < -0.4 is 15.4 Å². The van der Waals surface area contributed by atoms with Crippen LogP contribution >= 0.6 is 0 Å². The van der Waals surface area contributed by atoms with Gasteiger partial charge in [0.05, 0.1) is 6.04 Å². The molecule has 1 aromatic rings. The maximum atomic E-state index is 14.3. The number of para-hydroxylation sites is 1. The average Bonchev–Trinajstić information content (AvgIpc) is 2.92. The second-order valence-electron chi connectivity index (χ2n) is 5.09. The van der Waals surface area contributed by atoms with Gasteiger partial charge in [0.25, 0.3) is 5.91 Å². The number of carbonyl (C=O) groups excluding carboxylic acids is 1. The topological polar surface area (TPSA) is 50.4 Å². The summed E-state index contributed by atoms with van der Waals surface area (Å²) in [5.41, 5.74) is -1.78. The van der Waals surface area contributed by atoms with Crippen LogP contribution in [0.5, 0.6) is 5.75 Å². The number of rotatable bonds is 6. The number of halogens is 1. The predicted octanol–water partition coefficient (Wildman–Crippen LogP) is 1.66. The van der Waals surface area contributed by atoms with Gasteiger partial charge in [-0.15, -0.1) is 0 Å². The fourth-order valence-electron chi connectivity index (χ4n) is 2.15. The molecule has 1 saturated heterocycles. The number of nitrogens with one attached hydrogen (secondary N) is 2. The van der Waals surface area contributed by atoms with Crippen molar-refractivity contribution in [2.75, 3.05) is 19.7 Å². The molecule has 1 fully saturated rings. The van der Waals surface area contributed by atoms with Gasteiger partial charge in [-0.25, -0.2) is 4.39 Å². The average molecular weight is 280 g/mol. The van der Waals surface area contributed by atoms with Crippen molar-refractivity contribution in [3.05, 3.63) is 30.3 Å². The molecule has 5 heteroatoms. The quantitative estimate of drug-likeness (QED) is 0.833. The van der Waals surface area contributed by atoms with Crippen molar-refractivity contribution < 1.29 is 13.9 Å². The van der Waals surface area contributed by atoms with E-state index in [1.165, 1.54) is 0 Å². The van der Waals surface area contributed by atoms with Crippen LogP contribution in [-0.2, 0) is 4.79 Å². The Hall–Kier alpha value is -1.62. The maximum absolute atomic E-state index is 14.3. The van der Waals surface area contributed by atoms with Crippen LogP contribution in [0.15, 0.2) is 30.3 Å². The van der Waals surface area contributed by atoms with Crippen LogP contribution in [0.3, 0.4) is 0 Å². The molecule has 1 aliphatic heterocycles. The summed E-state index contributed by atoms with van der Waals surface area (Å²) in [4.78, 5) is 12.0. The Labute approximate surface area is 118 Å². The van der Waals surface area contributed by atoms with Crippen molar-refractivity contribution >= 4 is 5.91 Å². The second kappa shape index (κ2) is 6.70. The van der Waals surface area contributed by atoms with Crippen LogP contribution in [0.2, 0.25) is 0 Å². The van der Waals surface area contributed by atoms with Gasteiger partial charge in [0.15, 0.2) is 0 Å². The highest BCUT2D eigenvalue weighted by Gasteiger charge is 2.42. The first-order valence-corrected chi connectivity index (χ1v) is 7.02. The van der Waals surface area contributed by atoms with Crippen molar-refractivity contribution in [1.82, 2.24) is 10.6 Å². The number of hydrogen-bond acceptors (Lipinski definition) is 3. The zero-order valence-corrected chi connectivity index (χ0v) is 11.7. The summed E-state index contributed by atoms with van der Waals surface area (Å²) in [6.45, 7) is 2.92. The summed E-state index contributed by atoms with van der Waals surface area (Å²) in [5, 5.41) is 5.62. The zero-order valence-electron chi connectivity index (χ0n) is 11.7. The van der Waals surface area contributed by atoms with E-state index in [4.69, 9.17) is 4.74 Å². The molecule has 110 valence electrons. The SMILES string of the molecule is CCC(COc1ccccc1)NC(=O)C1(F)CCNC1. The van der Waals surface area contributed by atoms with Crippen molar-refractivity contribution in [2.24, 2.45) is 0 Å². The van der Waals surface area contributed by atoms with Crippen molar-refractivity contribution in [2.45, 2.75) is 31.5 Å². The van der Waals surface area contributed by atoms with Crippen molar-refractivity contribution in [1.29, 1.82) is 0 Å². The van der Waals surface area contributed by atoms with Gasteiger partial charge in [-0.2, -0.15) is 0 Å². The molecule has 0 saturated carbocycles. The first kappa shape index (κ1) is 14.8. The van der Waals surface area contributed by atoms with Gasteiger partial charge in [-0.05, 0) is 25.1 Å². The van der Waals surface area contributed by atoms with Gasteiger partial charge in [0.2, 0.25) is 5.67 Å². The second-order valence-corrected chi connectivity index (χ2v) is 5.09. The number of amides is 1. The largest absolute Gasteiger partial charge is 0.491 e. The Bertz CT molecular complexity index is 433. The maximum Gasteiger partial charge on any atom is 0.259 e. The summed E-state index contributed by atoms with van der Waals surface area (Å²) in [7, 11) is 0. The molecular formula is C15H21FN2O2. The fraction of sp³-hybridized carbons (Fsp3) is 0.533. The molecule has 2 atom stereocenters. The van der Waals surface area contributed by atoms with Crippen LogP contribution in [-0.4, -0.2) is 37.3 Å². The van der Waals surface area contributed by atoms with Crippen molar-refractivity contribution in [3.63, 3.8) is 0 Å². The van der Waals surface area contributed by atoms with E-state index in [2.05, 4.69) is 10.6 Å². The molecular weight excluding hydrogens is 259 g/mol. The lowest BCUT2D eigenvalue weighted by atomic mass is 10.0. The summed E-state index contributed by atoms with van der Waals surface area (Å²) < 4.78 is 19.9. The lowest BCUT2D eigenvalue weighted by molar-refractivity contribution is -0.132. The van der Waals surface area contributed by atoms with Gasteiger partial charge in [0.1, 0.15) is 12.4 Å². The molecule has 0 aromatic heterocycles. The number of carbonyl (C=O) groups is 1. The van der Waals surface area contributed by atoms with Crippen LogP contribution in [0.25, 0.3) is 0 Å². The predicted molar refractivity (Wildman–Crippen MR) is 75.5 cm³/mol. The first-order valence-electron chi connectivity index (χ1n) is 7.02. The third-order valence-corrected chi connectivity index (χ3v) is 3.53. The molecule has 1 aliphatic rings. The highest BCUT2D eigenvalue weighted by Crippen LogP contribution is 2.20. The van der Waals surface area contributed by atoms with Gasteiger partial charge < -0.3 is 15.4 Å². The number of alkyl halides is 1. The van der Waals surface area contributed by atoms with Crippen LogP contribution in [0.1, 0.15) is 19.8 Å². The van der Waals surface area contributed by atoms with Crippen LogP contribution in [0, 0.1) is 0 Å². The Morgan fingerprint density at radius 1 is 1.50 bits per heavy atom. The lowest BCUT2D eigenvalue weighted by Crippen LogP contribution is -2.50. The number of benzene rings is 1. The standard InChI is InChI=1S/C15H21FN2O2/c1-2-12(10-20-13-6-4-3-5-7-13)18-14(19)15(16)8-9-17-11-15/h3-7,12,17H,2,8-11H2,1H3,(H,18,19). The minimum absolute atomic E-state index is 0.0921. The third-order valence-electron chi connectivity index (χ3n) is 3.53. The number of ether oxygens (including phenoxy) is 1. The Balaban J connectivity index is 1.84. The highest BCUT2D eigenvalue weighted by molar-refractivity contribution is 5.86. The lowest BCUT2D eigenvalue weighted by Gasteiger charge is -2.23. The Kier molecular flexibility index (Phi) is 4.95. The van der Waals surface area contributed by atoms with E-state index in [0.717, 1.165) is 5.75 Å². The highest BCUT2D eigenvalue weighted by atomic mass is 19.1. The fourth-order valence-corrected chi connectivity index (χ4v) is 2.15. The van der Waals surface area contributed by atoms with E-state index in [-0.39, 0.29) is 19.0 Å². The molecule has 1 heterocycles. The molecule has 4 nitrogen and oxygen atoms in total. The van der Waals surface area contributed by atoms with Crippen molar-refractivity contribution in [3.8, 4) is 5.75 Å². The monoisotopic (exact) mass is 280 g/mol. The normalized spacial score (nSPS) is 23.3. The minimum Gasteiger partial charge on any atom is -0.491 e. The van der Waals surface area contributed by atoms with Crippen LogP contribution in [0.4, 0.5) is 4.39 Å². The summed E-state index contributed by atoms with van der Waals surface area (Å²) >= 11 is 0. The smallest absolute Gasteiger partial charge is 0.259 e. The molecule has 0 spiro atoms. The zero-order chi connectivity index (χ0) is 14.4. The summed E-state index contributed by atoms with van der Waals surface area (Å²) in [5.74, 6) is 0.212. The summed E-state index contributed by atoms with van der Waals surface area (Å²) in [6.07, 6.45) is 0.927. The molecule has 20 heavy (non-hydrogen) atoms. The van der Waals surface area contributed by atoms with E-state index >= 15 is 0 Å².